The Morgan fingerprint density at radius 1 is 0.955 bits per heavy atom. The van der Waals surface area contributed by atoms with Gasteiger partial charge in [-0.1, -0.05) is 82.7 Å². The Morgan fingerprint density at radius 2 is 1.50 bits per heavy atom. The summed E-state index contributed by atoms with van der Waals surface area (Å²) >= 11 is 3.36. The van der Waals surface area contributed by atoms with Crippen LogP contribution in [0.4, 0.5) is 0 Å². The highest BCUT2D eigenvalue weighted by Crippen LogP contribution is 2.23. The second-order valence-electron chi connectivity index (χ2n) is 5.15. The standard InChI is InChI=1S/C19H22BrNO/c1-22-15-19(17-11-6-3-7-12-17)21-18(13-8-14-20)16-9-4-2-5-10-16/h2-12,14,18-19,21H,13,15H2,1H3/b14-8-/t18-,19+/m1/s1. The third-order valence-corrected chi connectivity index (χ3v) is 3.97. The number of hydrogen-bond acceptors (Lipinski definition) is 2. The van der Waals surface area contributed by atoms with Crippen LogP contribution in [0.1, 0.15) is 29.6 Å². The Morgan fingerprint density at radius 3 is 2.00 bits per heavy atom. The van der Waals surface area contributed by atoms with Gasteiger partial charge >= 0.3 is 0 Å². The van der Waals surface area contributed by atoms with Gasteiger partial charge in [-0.25, -0.2) is 0 Å². The molecule has 2 nitrogen and oxygen atoms in total. The van der Waals surface area contributed by atoms with Gasteiger partial charge in [0.1, 0.15) is 0 Å². The lowest BCUT2D eigenvalue weighted by molar-refractivity contribution is 0.161. The predicted molar refractivity (Wildman–Crippen MR) is 96.1 cm³/mol. The van der Waals surface area contributed by atoms with Crippen LogP contribution in [-0.4, -0.2) is 13.7 Å². The number of benzene rings is 2. The molecule has 22 heavy (non-hydrogen) atoms. The Labute approximate surface area is 141 Å². The van der Waals surface area contributed by atoms with E-state index in [1.165, 1.54) is 11.1 Å². The van der Waals surface area contributed by atoms with E-state index in [1.54, 1.807) is 7.11 Å². The van der Waals surface area contributed by atoms with Crippen molar-refractivity contribution < 1.29 is 4.74 Å². The van der Waals surface area contributed by atoms with Crippen LogP contribution in [0, 0.1) is 0 Å². The molecule has 0 unspecified atom stereocenters. The summed E-state index contributed by atoms with van der Waals surface area (Å²) in [5, 5.41) is 3.73. The molecule has 116 valence electrons. The van der Waals surface area contributed by atoms with E-state index >= 15 is 0 Å². The molecule has 2 aromatic carbocycles. The Kier molecular flexibility index (Phi) is 7.37. The minimum absolute atomic E-state index is 0.167. The summed E-state index contributed by atoms with van der Waals surface area (Å²) in [7, 11) is 1.74. The number of ether oxygens (including phenoxy) is 1. The molecule has 3 heteroatoms. The van der Waals surface area contributed by atoms with Crippen molar-refractivity contribution in [1.29, 1.82) is 0 Å². The second kappa shape index (κ2) is 9.57. The zero-order valence-electron chi connectivity index (χ0n) is 12.8. The van der Waals surface area contributed by atoms with Gasteiger partial charge in [-0.15, -0.1) is 0 Å². The summed E-state index contributed by atoms with van der Waals surface area (Å²) in [6.45, 7) is 0.644. The fraction of sp³-hybridized carbons (Fsp3) is 0.263. The lowest BCUT2D eigenvalue weighted by Crippen LogP contribution is -2.29. The Hall–Kier alpha value is -1.42. The van der Waals surface area contributed by atoms with E-state index in [0.717, 1.165) is 6.42 Å². The molecule has 0 aliphatic rings. The lowest BCUT2D eigenvalue weighted by atomic mass is 10.0. The van der Waals surface area contributed by atoms with E-state index in [1.807, 2.05) is 17.1 Å². The maximum atomic E-state index is 5.41. The third kappa shape index (κ3) is 5.09. The van der Waals surface area contributed by atoms with Crippen LogP contribution in [0.25, 0.3) is 0 Å². The van der Waals surface area contributed by atoms with Gasteiger partial charge in [-0.3, -0.25) is 0 Å². The minimum Gasteiger partial charge on any atom is -0.383 e. The minimum atomic E-state index is 0.167. The fourth-order valence-corrected chi connectivity index (χ4v) is 2.72. The third-order valence-electron chi connectivity index (χ3n) is 3.60. The summed E-state index contributed by atoms with van der Waals surface area (Å²) in [6.07, 6.45) is 3.04. The smallest absolute Gasteiger partial charge is 0.0657 e. The Balaban J connectivity index is 2.19. The van der Waals surface area contributed by atoms with Gasteiger partial charge in [0.2, 0.25) is 0 Å². The van der Waals surface area contributed by atoms with Crippen molar-refractivity contribution in [3.63, 3.8) is 0 Å². The lowest BCUT2D eigenvalue weighted by Gasteiger charge is -2.25. The second-order valence-corrected chi connectivity index (χ2v) is 5.67. The molecule has 0 amide bonds. The average molecular weight is 360 g/mol. The zero-order chi connectivity index (χ0) is 15.6. The van der Waals surface area contributed by atoms with Crippen molar-refractivity contribution in [2.75, 3.05) is 13.7 Å². The molecule has 0 bridgehead atoms. The summed E-state index contributed by atoms with van der Waals surface area (Å²) in [5.41, 5.74) is 2.53. The van der Waals surface area contributed by atoms with Gasteiger partial charge in [0, 0.05) is 13.2 Å². The molecule has 1 N–H and O–H groups in total. The SMILES string of the molecule is COC[C@H](N[C@H](C/C=C\Br)c1ccccc1)c1ccccc1. The molecule has 0 aliphatic heterocycles. The molecule has 0 heterocycles. The first kappa shape index (κ1) is 16.9. The van der Waals surface area contributed by atoms with Crippen molar-refractivity contribution in [3.8, 4) is 0 Å². The van der Waals surface area contributed by atoms with Crippen molar-refractivity contribution >= 4 is 15.9 Å². The van der Waals surface area contributed by atoms with Crippen LogP contribution in [-0.2, 0) is 4.74 Å². The van der Waals surface area contributed by atoms with Crippen molar-refractivity contribution in [3.05, 3.63) is 82.9 Å². The number of rotatable bonds is 8. The molecule has 0 spiro atoms. The van der Waals surface area contributed by atoms with Crippen molar-refractivity contribution in [2.45, 2.75) is 18.5 Å². The fourth-order valence-electron chi connectivity index (χ4n) is 2.51. The van der Waals surface area contributed by atoms with Crippen LogP contribution in [0.15, 0.2) is 71.7 Å². The number of nitrogens with one attached hydrogen (secondary N) is 1. The normalized spacial score (nSPS) is 14.1. The average Bonchev–Trinajstić information content (AvgIpc) is 2.59. The Bertz CT molecular complexity index is 556. The van der Waals surface area contributed by atoms with E-state index in [9.17, 15) is 0 Å². The summed E-state index contributed by atoms with van der Waals surface area (Å²) < 4.78 is 5.41. The maximum Gasteiger partial charge on any atom is 0.0657 e. The zero-order valence-corrected chi connectivity index (χ0v) is 14.4. The molecular formula is C19H22BrNO. The first-order valence-corrected chi connectivity index (χ1v) is 8.36. The van der Waals surface area contributed by atoms with E-state index in [2.05, 4.69) is 75.9 Å². The van der Waals surface area contributed by atoms with E-state index in [4.69, 9.17) is 4.74 Å². The van der Waals surface area contributed by atoms with Crippen LogP contribution in [0.5, 0.6) is 0 Å². The summed E-state index contributed by atoms with van der Waals surface area (Å²) in [4.78, 5) is 1.92. The maximum absolute atomic E-state index is 5.41. The van der Waals surface area contributed by atoms with E-state index in [0.29, 0.717) is 6.61 Å². The molecule has 0 radical (unpaired) electrons. The number of halogens is 1. The van der Waals surface area contributed by atoms with E-state index in [-0.39, 0.29) is 12.1 Å². The topological polar surface area (TPSA) is 21.3 Å². The van der Waals surface area contributed by atoms with Gasteiger partial charge in [0.15, 0.2) is 0 Å². The van der Waals surface area contributed by atoms with Crippen molar-refractivity contribution in [1.82, 2.24) is 5.32 Å². The van der Waals surface area contributed by atoms with Crippen molar-refractivity contribution in [2.24, 2.45) is 0 Å². The molecular weight excluding hydrogens is 338 g/mol. The number of methoxy groups -OCH3 is 1. The largest absolute Gasteiger partial charge is 0.383 e. The highest BCUT2D eigenvalue weighted by molar-refractivity contribution is 9.11. The molecule has 2 atom stereocenters. The predicted octanol–water partition coefficient (Wildman–Crippen LogP) is 5.00. The van der Waals surface area contributed by atoms with Crippen LogP contribution >= 0.6 is 15.9 Å². The van der Waals surface area contributed by atoms with Gasteiger partial charge < -0.3 is 10.1 Å². The highest BCUT2D eigenvalue weighted by Gasteiger charge is 2.17. The molecule has 2 aromatic rings. The van der Waals surface area contributed by atoms with Crippen LogP contribution in [0.3, 0.4) is 0 Å². The monoisotopic (exact) mass is 359 g/mol. The van der Waals surface area contributed by atoms with Gasteiger partial charge in [0.25, 0.3) is 0 Å². The van der Waals surface area contributed by atoms with Gasteiger partial charge in [-0.05, 0) is 22.5 Å². The van der Waals surface area contributed by atoms with E-state index < -0.39 is 0 Å². The molecule has 0 saturated heterocycles. The molecule has 0 saturated carbocycles. The van der Waals surface area contributed by atoms with Crippen LogP contribution in [0.2, 0.25) is 0 Å². The summed E-state index contributed by atoms with van der Waals surface area (Å²) in [5.74, 6) is 0. The van der Waals surface area contributed by atoms with Crippen LogP contribution < -0.4 is 5.32 Å². The molecule has 0 aromatic heterocycles. The first-order valence-electron chi connectivity index (χ1n) is 7.45. The number of hydrogen-bond donors (Lipinski definition) is 1. The molecule has 2 rings (SSSR count). The first-order chi connectivity index (χ1) is 10.8. The highest BCUT2D eigenvalue weighted by atomic mass is 79.9. The van der Waals surface area contributed by atoms with Gasteiger partial charge in [0.05, 0.1) is 12.6 Å². The molecule has 0 aliphatic carbocycles. The van der Waals surface area contributed by atoms with Gasteiger partial charge in [-0.2, -0.15) is 0 Å². The quantitative estimate of drug-likeness (QED) is 0.715. The molecule has 0 fully saturated rings. The summed E-state index contributed by atoms with van der Waals surface area (Å²) in [6, 6.07) is 21.4.